The molecule has 0 bridgehead atoms. The Hall–Kier alpha value is -4.19. The molecule has 1 unspecified atom stereocenters. The highest BCUT2D eigenvalue weighted by molar-refractivity contribution is 5.71. The van der Waals surface area contributed by atoms with Crippen LogP contribution in [-0.2, 0) is 28.6 Å². The Kier molecular flexibility index (Phi) is 64.8. The molecule has 0 fully saturated rings. The second-order valence-corrected chi connectivity index (χ2v) is 22.4. The minimum Gasteiger partial charge on any atom is -0.462 e. The second-order valence-electron chi connectivity index (χ2n) is 22.4. The summed E-state index contributed by atoms with van der Waals surface area (Å²) in [7, 11) is 0. The maximum Gasteiger partial charge on any atom is 0.306 e. The predicted octanol–water partition coefficient (Wildman–Crippen LogP) is 23.6. The molecule has 0 aromatic carbocycles. The maximum atomic E-state index is 12.9. The lowest BCUT2D eigenvalue weighted by Gasteiger charge is -2.18. The molecule has 0 rings (SSSR count). The molecule has 0 aliphatic carbocycles. The molecule has 0 heterocycles. The second kappa shape index (κ2) is 68.3. The maximum absolute atomic E-state index is 12.9. The number of hydrogen-bond acceptors (Lipinski definition) is 6. The molecular formula is C75H126O6. The number of esters is 3. The normalized spacial score (nSPS) is 12.9. The number of carbonyl (C=O) groups excluding carboxylic acids is 3. The highest BCUT2D eigenvalue weighted by atomic mass is 16.6. The van der Waals surface area contributed by atoms with Crippen LogP contribution in [0.4, 0.5) is 0 Å². The van der Waals surface area contributed by atoms with Crippen LogP contribution < -0.4 is 0 Å². The van der Waals surface area contributed by atoms with Gasteiger partial charge in [-0.15, -0.1) is 0 Å². The monoisotopic (exact) mass is 1120 g/mol. The van der Waals surface area contributed by atoms with Gasteiger partial charge in [-0.1, -0.05) is 303 Å². The van der Waals surface area contributed by atoms with E-state index in [9.17, 15) is 14.4 Å². The summed E-state index contributed by atoms with van der Waals surface area (Å²) >= 11 is 0. The van der Waals surface area contributed by atoms with Crippen LogP contribution in [0.25, 0.3) is 0 Å². The molecule has 0 radical (unpaired) electrons. The van der Waals surface area contributed by atoms with Gasteiger partial charge in [0, 0.05) is 19.3 Å². The molecule has 0 aliphatic rings. The van der Waals surface area contributed by atoms with E-state index in [2.05, 4.69) is 142 Å². The molecule has 6 heteroatoms. The van der Waals surface area contributed by atoms with Gasteiger partial charge < -0.3 is 14.2 Å². The smallest absolute Gasteiger partial charge is 0.306 e. The zero-order valence-electron chi connectivity index (χ0n) is 53.0. The summed E-state index contributed by atoms with van der Waals surface area (Å²) in [5.74, 6) is -0.926. The Bertz CT molecular complexity index is 1670. The minimum absolute atomic E-state index is 0.0916. The van der Waals surface area contributed by atoms with E-state index < -0.39 is 6.10 Å². The van der Waals surface area contributed by atoms with Crippen molar-refractivity contribution in [2.24, 2.45) is 0 Å². The van der Waals surface area contributed by atoms with E-state index in [1.807, 2.05) is 0 Å². The van der Waals surface area contributed by atoms with Crippen LogP contribution in [0.15, 0.2) is 122 Å². The third kappa shape index (κ3) is 66.5. The Morgan fingerprint density at radius 2 is 0.481 bits per heavy atom. The standard InChI is InChI=1S/C75H126O6/c1-4-7-10-13-16-18-20-22-24-26-28-30-32-34-35-36-37-38-39-41-42-44-46-48-50-52-54-56-59-62-65-68-74(77)80-71-72(70-79-73(76)67-64-61-58-15-12-9-6-3)81-75(78)69-66-63-60-57-55-53-51-49-47-45-43-40-33-31-29-27-25-23-21-19-17-14-11-8-5-2/h8,11,17,19-20,22-23,25-26,28-29,31-32,34,40,43,47,49,53,55,72H,4-7,9-10,12-16,18,21,24,27,30,33,35-39,41-42,44-46,48,50-52,54,56-71H2,1-3H3/b11-8-,19-17-,22-20-,25-23-,28-26-,31-29-,34-32-,43-40-,49-47-,55-53-. The van der Waals surface area contributed by atoms with Crippen LogP contribution in [-0.4, -0.2) is 37.2 Å². The van der Waals surface area contributed by atoms with Crippen molar-refractivity contribution in [3.8, 4) is 0 Å². The molecular weight excluding hydrogens is 997 g/mol. The van der Waals surface area contributed by atoms with E-state index in [1.54, 1.807) is 0 Å². The van der Waals surface area contributed by atoms with Crippen LogP contribution in [0.5, 0.6) is 0 Å². The van der Waals surface area contributed by atoms with Gasteiger partial charge in [-0.25, -0.2) is 0 Å². The van der Waals surface area contributed by atoms with E-state index in [0.717, 1.165) is 122 Å². The van der Waals surface area contributed by atoms with Crippen LogP contribution in [0.2, 0.25) is 0 Å². The van der Waals surface area contributed by atoms with Crippen molar-refractivity contribution in [1.29, 1.82) is 0 Å². The summed E-state index contributed by atoms with van der Waals surface area (Å²) in [6, 6.07) is 0. The number of carbonyl (C=O) groups is 3. The van der Waals surface area contributed by atoms with Gasteiger partial charge in [0.2, 0.25) is 0 Å². The first kappa shape index (κ1) is 76.8. The Balaban J connectivity index is 4.15. The lowest BCUT2D eigenvalue weighted by molar-refractivity contribution is -0.167. The predicted molar refractivity (Wildman–Crippen MR) is 353 cm³/mol. The summed E-state index contributed by atoms with van der Waals surface area (Å²) in [4.78, 5) is 38.1. The molecule has 0 N–H and O–H groups in total. The summed E-state index contributed by atoms with van der Waals surface area (Å²) in [5, 5.41) is 0. The van der Waals surface area contributed by atoms with Crippen molar-refractivity contribution in [2.75, 3.05) is 13.2 Å². The summed E-state index contributed by atoms with van der Waals surface area (Å²) in [5.41, 5.74) is 0. The highest BCUT2D eigenvalue weighted by Gasteiger charge is 2.19. The van der Waals surface area contributed by atoms with Gasteiger partial charge in [0.05, 0.1) is 0 Å². The first-order valence-electron chi connectivity index (χ1n) is 34.0. The number of rotatable bonds is 61. The van der Waals surface area contributed by atoms with E-state index >= 15 is 0 Å². The van der Waals surface area contributed by atoms with Gasteiger partial charge >= 0.3 is 17.9 Å². The van der Waals surface area contributed by atoms with E-state index in [1.165, 1.54) is 154 Å². The molecule has 0 spiro atoms. The first-order chi connectivity index (χ1) is 40.0. The first-order valence-corrected chi connectivity index (χ1v) is 34.0. The van der Waals surface area contributed by atoms with Crippen molar-refractivity contribution >= 4 is 17.9 Å². The van der Waals surface area contributed by atoms with Crippen LogP contribution in [0.1, 0.15) is 316 Å². The van der Waals surface area contributed by atoms with Gasteiger partial charge in [-0.2, -0.15) is 0 Å². The number of unbranched alkanes of at least 4 members (excludes halogenated alkanes) is 30. The lowest BCUT2D eigenvalue weighted by Crippen LogP contribution is -2.30. The molecule has 81 heavy (non-hydrogen) atoms. The van der Waals surface area contributed by atoms with Crippen molar-refractivity contribution < 1.29 is 28.6 Å². The number of hydrogen-bond donors (Lipinski definition) is 0. The Morgan fingerprint density at radius 1 is 0.259 bits per heavy atom. The van der Waals surface area contributed by atoms with Gasteiger partial charge in [-0.3, -0.25) is 14.4 Å². The molecule has 0 aromatic rings. The summed E-state index contributed by atoms with van der Waals surface area (Å²) in [6.45, 7) is 6.46. The zero-order valence-corrected chi connectivity index (χ0v) is 53.0. The zero-order chi connectivity index (χ0) is 58.5. The molecule has 0 aliphatic heterocycles. The van der Waals surface area contributed by atoms with Crippen molar-refractivity contribution in [1.82, 2.24) is 0 Å². The van der Waals surface area contributed by atoms with Gasteiger partial charge in [-0.05, 0) is 116 Å². The van der Waals surface area contributed by atoms with Crippen molar-refractivity contribution in [3.63, 3.8) is 0 Å². The largest absolute Gasteiger partial charge is 0.462 e. The molecule has 1 atom stereocenters. The molecule has 0 saturated heterocycles. The van der Waals surface area contributed by atoms with Crippen molar-refractivity contribution in [3.05, 3.63) is 122 Å². The molecule has 0 saturated carbocycles. The summed E-state index contributed by atoms with van der Waals surface area (Å²) < 4.78 is 16.8. The third-order valence-corrected chi connectivity index (χ3v) is 14.5. The van der Waals surface area contributed by atoms with Gasteiger partial charge in [0.1, 0.15) is 13.2 Å². The topological polar surface area (TPSA) is 78.9 Å². The molecule has 0 aromatic heterocycles. The van der Waals surface area contributed by atoms with Gasteiger partial charge in [0.15, 0.2) is 6.10 Å². The third-order valence-electron chi connectivity index (χ3n) is 14.5. The fourth-order valence-electron chi connectivity index (χ4n) is 9.37. The minimum atomic E-state index is -0.796. The van der Waals surface area contributed by atoms with Crippen LogP contribution in [0, 0.1) is 0 Å². The average Bonchev–Trinajstić information content (AvgIpc) is 3.46. The fourth-order valence-corrected chi connectivity index (χ4v) is 9.37. The van der Waals surface area contributed by atoms with Crippen molar-refractivity contribution in [2.45, 2.75) is 322 Å². The van der Waals surface area contributed by atoms with E-state index in [0.29, 0.717) is 12.8 Å². The van der Waals surface area contributed by atoms with E-state index in [-0.39, 0.29) is 37.5 Å². The quantitative estimate of drug-likeness (QED) is 0.0261. The fraction of sp³-hybridized carbons (Fsp3) is 0.693. The highest BCUT2D eigenvalue weighted by Crippen LogP contribution is 2.16. The Labute approximate surface area is 501 Å². The number of ether oxygens (including phenoxy) is 3. The van der Waals surface area contributed by atoms with E-state index in [4.69, 9.17) is 14.2 Å². The average molecular weight is 1120 g/mol. The summed E-state index contributed by atoms with van der Waals surface area (Å²) in [6.07, 6.45) is 95.3. The molecule has 0 amide bonds. The van der Waals surface area contributed by atoms with Crippen LogP contribution in [0.3, 0.4) is 0 Å². The SMILES string of the molecule is CC/C=C\C/C=C\C/C=C\C/C=C\C/C=C\C/C=C\C/C=C\CCCCCC(=O)OC(COC(=O)CCCCCCCCC)COC(=O)CCCCCCCCCCCCCCCCCC/C=C\C/C=C\C/C=C\CCCCCCC. The number of allylic oxidation sites excluding steroid dienone is 20. The molecule has 6 nitrogen and oxygen atoms in total. The lowest BCUT2D eigenvalue weighted by atomic mass is 10.0. The Morgan fingerprint density at radius 3 is 0.765 bits per heavy atom. The molecule has 462 valence electrons. The van der Waals surface area contributed by atoms with Crippen LogP contribution >= 0.6 is 0 Å². The van der Waals surface area contributed by atoms with Gasteiger partial charge in [0.25, 0.3) is 0 Å².